The molecular weight excluding hydrogens is 221 g/mol. The predicted octanol–water partition coefficient (Wildman–Crippen LogP) is -0.106. The van der Waals surface area contributed by atoms with Crippen LogP contribution in [-0.2, 0) is 9.53 Å². The van der Waals surface area contributed by atoms with Crippen molar-refractivity contribution in [2.45, 2.75) is 4.05 Å². The largest absolute Gasteiger partial charge is 0.369 e. The fraction of sp³-hybridized carbons (Fsp3) is 0.750. The van der Waals surface area contributed by atoms with Gasteiger partial charge in [0, 0.05) is 0 Å². The number of carbonyl (C=O) groups is 1. The van der Waals surface area contributed by atoms with Gasteiger partial charge in [-0.05, 0) is 0 Å². The monoisotopic (exact) mass is 227 g/mol. The molecule has 0 aromatic rings. The zero-order chi connectivity index (χ0) is 5.98. The highest BCUT2D eigenvalue weighted by molar-refractivity contribution is 14.1. The van der Waals surface area contributed by atoms with Crippen molar-refractivity contribution in [1.29, 1.82) is 0 Å². The number of amides is 1. The van der Waals surface area contributed by atoms with Crippen LogP contribution in [0.5, 0.6) is 0 Å². The Balaban J connectivity index is 2.34. The summed E-state index contributed by atoms with van der Waals surface area (Å²) in [5.41, 5.74) is 0. The van der Waals surface area contributed by atoms with E-state index < -0.39 is 0 Å². The standard InChI is InChI=1S/C4H6INO2/c5-3-1-8-2-4(7)6-3/h3H,1-2H2,(H,6,7)/t3-/m1/s1. The molecule has 0 bridgehead atoms. The van der Waals surface area contributed by atoms with Crippen LogP contribution in [0.1, 0.15) is 0 Å². The molecule has 0 saturated carbocycles. The number of hydrogen-bond donors (Lipinski definition) is 1. The third-order valence-electron chi connectivity index (χ3n) is 0.815. The fourth-order valence-corrected chi connectivity index (χ4v) is 1.11. The maximum atomic E-state index is 10.4. The van der Waals surface area contributed by atoms with Gasteiger partial charge in [0.05, 0.1) is 6.61 Å². The van der Waals surface area contributed by atoms with Gasteiger partial charge in [-0.1, -0.05) is 22.6 Å². The summed E-state index contributed by atoms with van der Waals surface area (Å²) < 4.78 is 5.04. The van der Waals surface area contributed by atoms with Crippen molar-refractivity contribution in [2.75, 3.05) is 13.2 Å². The second kappa shape index (κ2) is 2.63. The molecule has 1 atom stereocenters. The highest BCUT2D eigenvalue weighted by Gasteiger charge is 2.14. The molecule has 4 heteroatoms. The first-order valence-corrected chi connectivity index (χ1v) is 3.55. The van der Waals surface area contributed by atoms with Crippen LogP contribution in [0.3, 0.4) is 0 Å². The molecule has 0 aromatic heterocycles. The first-order chi connectivity index (χ1) is 3.79. The summed E-state index contributed by atoms with van der Waals surface area (Å²) in [4.78, 5) is 10.4. The van der Waals surface area contributed by atoms with E-state index in [1.54, 1.807) is 0 Å². The van der Waals surface area contributed by atoms with Gasteiger partial charge in [0.2, 0.25) is 5.91 Å². The van der Waals surface area contributed by atoms with Crippen LogP contribution in [0, 0.1) is 0 Å². The van der Waals surface area contributed by atoms with E-state index in [9.17, 15) is 4.79 Å². The summed E-state index contributed by atoms with van der Waals surface area (Å²) in [7, 11) is 0. The van der Waals surface area contributed by atoms with E-state index in [2.05, 4.69) is 27.9 Å². The number of ether oxygens (including phenoxy) is 1. The molecule has 0 aliphatic carbocycles. The van der Waals surface area contributed by atoms with Gasteiger partial charge < -0.3 is 10.1 Å². The van der Waals surface area contributed by atoms with Crippen molar-refractivity contribution in [1.82, 2.24) is 5.32 Å². The van der Waals surface area contributed by atoms with Crippen molar-refractivity contribution >= 4 is 28.5 Å². The van der Waals surface area contributed by atoms with E-state index in [0.29, 0.717) is 6.61 Å². The normalized spacial score (nSPS) is 29.6. The molecule has 3 nitrogen and oxygen atoms in total. The molecule has 1 fully saturated rings. The Morgan fingerprint density at radius 1 is 1.88 bits per heavy atom. The van der Waals surface area contributed by atoms with Crippen molar-refractivity contribution in [3.8, 4) is 0 Å². The summed E-state index contributed by atoms with van der Waals surface area (Å²) in [5.74, 6) is -0.0179. The quantitative estimate of drug-likeness (QED) is 0.356. The van der Waals surface area contributed by atoms with Gasteiger partial charge in [0.15, 0.2) is 0 Å². The molecule has 1 rings (SSSR count). The minimum atomic E-state index is -0.0179. The Morgan fingerprint density at radius 3 is 3.00 bits per heavy atom. The zero-order valence-electron chi connectivity index (χ0n) is 4.19. The van der Waals surface area contributed by atoms with Crippen molar-refractivity contribution in [3.05, 3.63) is 0 Å². The Bertz CT molecular complexity index is 106. The van der Waals surface area contributed by atoms with Gasteiger partial charge in [0.1, 0.15) is 10.7 Å². The lowest BCUT2D eigenvalue weighted by Crippen LogP contribution is -2.41. The van der Waals surface area contributed by atoms with Crippen molar-refractivity contribution in [2.24, 2.45) is 0 Å². The van der Waals surface area contributed by atoms with Crippen LogP contribution < -0.4 is 5.32 Å². The SMILES string of the molecule is O=C1COC[C@H](I)N1. The number of carbonyl (C=O) groups excluding carboxylic acids is 1. The third kappa shape index (κ3) is 1.59. The number of alkyl halides is 1. The molecule has 46 valence electrons. The Labute approximate surface area is 60.9 Å². The molecule has 1 amide bonds. The number of rotatable bonds is 0. The fourth-order valence-electron chi connectivity index (χ4n) is 0.513. The first-order valence-electron chi connectivity index (χ1n) is 2.30. The summed E-state index contributed by atoms with van der Waals surface area (Å²) in [6, 6.07) is 0. The minimum absolute atomic E-state index is 0.0179. The smallest absolute Gasteiger partial charge is 0.246 e. The lowest BCUT2D eigenvalue weighted by molar-refractivity contribution is -0.129. The summed E-state index contributed by atoms with van der Waals surface area (Å²) >= 11 is 2.12. The van der Waals surface area contributed by atoms with Crippen LogP contribution in [0.15, 0.2) is 0 Å². The molecule has 0 unspecified atom stereocenters. The van der Waals surface area contributed by atoms with Crippen LogP contribution >= 0.6 is 22.6 Å². The van der Waals surface area contributed by atoms with Crippen LogP contribution in [0.4, 0.5) is 0 Å². The van der Waals surface area contributed by atoms with Gasteiger partial charge in [-0.25, -0.2) is 0 Å². The molecule has 0 radical (unpaired) electrons. The van der Waals surface area contributed by atoms with Gasteiger partial charge >= 0.3 is 0 Å². The van der Waals surface area contributed by atoms with E-state index in [1.165, 1.54) is 0 Å². The van der Waals surface area contributed by atoms with E-state index in [1.807, 2.05) is 0 Å². The molecule has 1 aliphatic rings. The van der Waals surface area contributed by atoms with Gasteiger partial charge in [-0.15, -0.1) is 0 Å². The number of halogens is 1. The number of hydrogen-bond acceptors (Lipinski definition) is 2. The summed E-state index contributed by atoms with van der Waals surface area (Å²) in [5, 5.41) is 2.70. The number of morpholine rings is 1. The lowest BCUT2D eigenvalue weighted by Gasteiger charge is -2.17. The Kier molecular flexibility index (Phi) is 2.07. The molecule has 8 heavy (non-hydrogen) atoms. The van der Waals surface area contributed by atoms with Crippen molar-refractivity contribution < 1.29 is 9.53 Å². The molecular formula is C4H6INO2. The van der Waals surface area contributed by atoms with Crippen LogP contribution in [0.2, 0.25) is 0 Å². The second-order valence-corrected chi connectivity index (χ2v) is 3.05. The molecule has 1 saturated heterocycles. The van der Waals surface area contributed by atoms with Crippen molar-refractivity contribution in [3.63, 3.8) is 0 Å². The average molecular weight is 227 g/mol. The molecule has 1 aliphatic heterocycles. The van der Waals surface area contributed by atoms with E-state index in [4.69, 9.17) is 4.74 Å². The molecule has 0 spiro atoms. The van der Waals surface area contributed by atoms with Gasteiger partial charge in [-0.3, -0.25) is 4.79 Å². The molecule has 1 N–H and O–H groups in total. The summed E-state index contributed by atoms with van der Waals surface area (Å²) in [6.45, 7) is 0.853. The van der Waals surface area contributed by atoms with Crippen LogP contribution in [0.25, 0.3) is 0 Å². The van der Waals surface area contributed by atoms with Gasteiger partial charge in [0.25, 0.3) is 0 Å². The highest BCUT2D eigenvalue weighted by Crippen LogP contribution is 2.00. The van der Waals surface area contributed by atoms with E-state index >= 15 is 0 Å². The Morgan fingerprint density at radius 2 is 2.62 bits per heavy atom. The summed E-state index contributed by atoms with van der Waals surface area (Å²) in [6.07, 6.45) is 0. The van der Waals surface area contributed by atoms with Gasteiger partial charge in [-0.2, -0.15) is 0 Å². The number of nitrogens with one attached hydrogen (secondary N) is 1. The zero-order valence-corrected chi connectivity index (χ0v) is 6.34. The van der Waals surface area contributed by atoms with Crippen LogP contribution in [-0.4, -0.2) is 23.2 Å². The highest BCUT2D eigenvalue weighted by atomic mass is 127. The maximum absolute atomic E-state index is 10.4. The predicted molar refractivity (Wildman–Crippen MR) is 36.8 cm³/mol. The molecule has 1 heterocycles. The topological polar surface area (TPSA) is 38.3 Å². The Hall–Kier alpha value is 0.160. The third-order valence-corrected chi connectivity index (χ3v) is 1.49. The minimum Gasteiger partial charge on any atom is -0.369 e. The average Bonchev–Trinajstić information content (AvgIpc) is 1.64. The van der Waals surface area contributed by atoms with E-state index in [0.717, 1.165) is 0 Å². The second-order valence-electron chi connectivity index (χ2n) is 1.55. The maximum Gasteiger partial charge on any atom is 0.246 e. The molecule has 0 aromatic carbocycles. The first kappa shape index (κ1) is 6.28. The van der Waals surface area contributed by atoms with E-state index in [-0.39, 0.29) is 16.6 Å². The lowest BCUT2D eigenvalue weighted by atomic mass is 10.5.